The molecule has 3 aromatic rings. The van der Waals surface area contributed by atoms with E-state index in [-0.39, 0.29) is 46.9 Å². The maximum Gasteiger partial charge on any atom is 0.446 e. The molecule has 13 heteroatoms. The lowest BCUT2D eigenvalue weighted by Gasteiger charge is -2.40. The Kier molecular flexibility index (Phi) is 12.0. The van der Waals surface area contributed by atoms with Crippen molar-refractivity contribution in [1.82, 2.24) is 19.8 Å². The molecule has 234 valence electrons. The molecule has 3 heterocycles. The highest BCUT2D eigenvalue weighted by Crippen LogP contribution is 2.41. The lowest BCUT2D eigenvalue weighted by atomic mass is 9.89. The fourth-order valence-corrected chi connectivity index (χ4v) is 5.36. The number of methoxy groups -OCH3 is 1. The minimum absolute atomic E-state index is 0.0115. The number of hydrogen-bond acceptors (Lipinski definition) is 8. The van der Waals surface area contributed by atoms with E-state index in [1.807, 2.05) is 13.8 Å². The minimum atomic E-state index is -4.53. The molecular weight excluding hydrogens is 581 g/mol. The van der Waals surface area contributed by atoms with E-state index < -0.39 is 5.51 Å². The van der Waals surface area contributed by atoms with Crippen molar-refractivity contribution in [2.45, 2.75) is 49.6 Å². The van der Waals surface area contributed by atoms with Crippen molar-refractivity contribution in [3.05, 3.63) is 47.7 Å². The van der Waals surface area contributed by atoms with Crippen LogP contribution < -0.4 is 20.7 Å². The van der Waals surface area contributed by atoms with E-state index in [4.69, 9.17) is 4.74 Å². The first-order chi connectivity index (χ1) is 20.6. The molecule has 43 heavy (non-hydrogen) atoms. The quantitative estimate of drug-likeness (QED) is 0.195. The number of anilines is 2. The van der Waals surface area contributed by atoms with Crippen LogP contribution in [0.4, 0.5) is 24.7 Å². The van der Waals surface area contributed by atoms with Crippen LogP contribution in [0.1, 0.15) is 49.7 Å². The Labute approximate surface area is 254 Å². The standard InChI is InChI=1S/C28H33F3N6O3S.C2H6/c1-27(11-14-36(15-12-27)16-17-38)34-24-8-4-7-22-25(41-28(29,30)31)20(35-37(22)24)6-5-13-33-21-18-19(26(39)32-2)9-10-23(21)40-3;1-2/h4,7-10,18,33-34,38H,11-17H2,1-3H3,(H,32,39);1-2H3. The number of halogens is 3. The topological polar surface area (TPSA) is 103 Å². The zero-order chi connectivity index (χ0) is 31.6. The van der Waals surface area contributed by atoms with Crippen LogP contribution in [0.15, 0.2) is 41.3 Å². The third-order valence-corrected chi connectivity index (χ3v) is 7.74. The van der Waals surface area contributed by atoms with E-state index in [9.17, 15) is 23.1 Å². The van der Waals surface area contributed by atoms with E-state index in [1.54, 1.807) is 36.4 Å². The summed E-state index contributed by atoms with van der Waals surface area (Å²) in [6.45, 7) is 8.48. The maximum absolute atomic E-state index is 13.6. The van der Waals surface area contributed by atoms with Crippen LogP contribution in [0.25, 0.3) is 5.52 Å². The minimum Gasteiger partial charge on any atom is -0.495 e. The molecule has 0 atom stereocenters. The number of nitrogens with zero attached hydrogens (tertiary/aromatic N) is 3. The van der Waals surface area contributed by atoms with Gasteiger partial charge in [0.05, 0.1) is 36.4 Å². The van der Waals surface area contributed by atoms with Crippen LogP contribution in [-0.4, -0.2) is 83.5 Å². The first-order valence-corrected chi connectivity index (χ1v) is 14.9. The third-order valence-electron chi connectivity index (χ3n) is 6.90. The normalized spacial score (nSPS) is 14.6. The van der Waals surface area contributed by atoms with Crippen molar-refractivity contribution >= 4 is 34.7 Å². The van der Waals surface area contributed by atoms with Crippen molar-refractivity contribution in [3.63, 3.8) is 0 Å². The number of fused-ring (bicyclic) bond motifs is 1. The average Bonchev–Trinajstić information content (AvgIpc) is 3.33. The van der Waals surface area contributed by atoms with Crippen LogP contribution in [0.5, 0.6) is 5.75 Å². The average molecular weight is 621 g/mol. The Bertz CT molecular complexity index is 1440. The molecule has 0 bridgehead atoms. The van der Waals surface area contributed by atoms with E-state index in [1.165, 1.54) is 18.7 Å². The highest BCUT2D eigenvalue weighted by molar-refractivity contribution is 8.00. The first-order valence-electron chi connectivity index (χ1n) is 14.1. The van der Waals surface area contributed by atoms with E-state index in [0.717, 1.165) is 25.9 Å². The Hall–Kier alpha value is -3.60. The van der Waals surface area contributed by atoms with Crippen LogP contribution >= 0.6 is 11.8 Å². The fraction of sp³-hybridized carbons (Fsp3) is 0.467. The van der Waals surface area contributed by atoms with Gasteiger partial charge in [-0.2, -0.15) is 18.3 Å². The number of carbonyl (C=O) groups is 1. The second kappa shape index (κ2) is 15.2. The molecule has 0 unspecified atom stereocenters. The van der Waals surface area contributed by atoms with Gasteiger partial charge in [0.15, 0.2) is 0 Å². The molecule has 9 nitrogen and oxygen atoms in total. The SMILES string of the molecule is CC.CNC(=O)c1ccc(OC)c(NCC#Cc2nn3c(NC4(C)CCN(CCO)CC4)cccc3c2SC(F)(F)F)c1. The van der Waals surface area contributed by atoms with Crippen LogP contribution in [0.3, 0.4) is 0 Å². The van der Waals surface area contributed by atoms with Gasteiger partial charge in [-0.15, -0.1) is 0 Å². The number of thioether (sulfide) groups is 1. The molecule has 1 amide bonds. The summed E-state index contributed by atoms with van der Waals surface area (Å²) >= 11 is -0.238. The van der Waals surface area contributed by atoms with E-state index in [0.29, 0.717) is 34.9 Å². The molecule has 1 aromatic carbocycles. The summed E-state index contributed by atoms with van der Waals surface area (Å²) in [4.78, 5) is 14.1. The van der Waals surface area contributed by atoms with Crippen molar-refractivity contribution in [2.24, 2.45) is 0 Å². The summed E-state index contributed by atoms with van der Waals surface area (Å²) in [7, 11) is 3.02. The number of β-amino-alcohol motifs (C(OH)–C–C–N with tert-alkyl or cyclic N) is 1. The van der Waals surface area contributed by atoms with Gasteiger partial charge in [0.1, 0.15) is 17.3 Å². The molecule has 0 aliphatic carbocycles. The van der Waals surface area contributed by atoms with Gasteiger partial charge >= 0.3 is 5.51 Å². The fourth-order valence-electron chi connectivity index (χ4n) is 4.69. The number of carbonyl (C=O) groups excluding carboxylic acids is 1. The summed E-state index contributed by atoms with van der Waals surface area (Å²) < 4.78 is 47.5. The van der Waals surface area contributed by atoms with Crippen molar-refractivity contribution < 1.29 is 27.8 Å². The van der Waals surface area contributed by atoms with Gasteiger partial charge in [-0.1, -0.05) is 25.8 Å². The second-order valence-corrected chi connectivity index (χ2v) is 10.9. The predicted octanol–water partition coefficient (Wildman–Crippen LogP) is 5.06. The lowest BCUT2D eigenvalue weighted by molar-refractivity contribution is -0.0327. The number of amides is 1. The zero-order valence-corrected chi connectivity index (χ0v) is 25.9. The van der Waals surface area contributed by atoms with Crippen LogP contribution in [0, 0.1) is 11.8 Å². The largest absolute Gasteiger partial charge is 0.495 e. The molecule has 1 saturated heterocycles. The third kappa shape index (κ3) is 8.95. The molecule has 1 fully saturated rings. The Balaban J connectivity index is 0.00000248. The van der Waals surface area contributed by atoms with Gasteiger partial charge in [0, 0.05) is 37.8 Å². The summed E-state index contributed by atoms with van der Waals surface area (Å²) in [6.07, 6.45) is 1.61. The molecule has 4 N–H and O–H groups in total. The number of alkyl halides is 3. The summed E-state index contributed by atoms with van der Waals surface area (Å²) in [5.41, 5.74) is -3.57. The van der Waals surface area contributed by atoms with Crippen molar-refractivity contribution in [2.75, 3.05) is 57.6 Å². The molecule has 0 spiro atoms. The van der Waals surface area contributed by atoms with Gasteiger partial charge in [0.25, 0.3) is 5.91 Å². The number of nitrogens with one attached hydrogen (secondary N) is 3. The van der Waals surface area contributed by atoms with Crippen LogP contribution in [-0.2, 0) is 0 Å². The van der Waals surface area contributed by atoms with Crippen LogP contribution in [0.2, 0.25) is 0 Å². The van der Waals surface area contributed by atoms with Gasteiger partial charge in [-0.3, -0.25) is 4.79 Å². The Morgan fingerprint density at radius 3 is 2.56 bits per heavy atom. The Morgan fingerprint density at radius 1 is 1.21 bits per heavy atom. The molecule has 1 aliphatic rings. The number of aliphatic hydroxyl groups is 1. The summed E-state index contributed by atoms with van der Waals surface area (Å²) in [5, 5.41) is 22.8. The number of rotatable bonds is 9. The number of benzene rings is 1. The monoisotopic (exact) mass is 620 g/mol. The van der Waals surface area contributed by atoms with Crippen molar-refractivity contribution in [3.8, 4) is 17.6 Å². The smallest absolute Gasteiger partial charge is 0.446 e. The zero-order valence-electron chi connectivity index (χ0n) is 25.1. The summed E-state index contributed by atoms with van der Waals surface area (Å²) in [6, 6.07) is 9.97. The predicted molar refractivity (Wildman–Crippen MR) is 165 cm³/mol. The highest BCUT2D eigenvalue weighted by Gasteiger charge is 2.34. The second-order valence-electron chi connectivity index (χ2n) is 9.83. The number of piperidine rings is 1. The van der Waals surface area contributed by atoms with Gasteiger partial charge in [0.2, 0.25) is 0 Å². The molecule has 0 saturated carbocycles. The summed E-state index contributed by atoms with van der Waals surface area (Å²) in [5.74, 6) is 6.45. The molecular formula is C30H39F3N6O3S. The number of hydrogen-bond donors (Lipinski definition) is 4. The number of likely N-dealkylation sites (tertiary alicyclic amines) is 1. The Morgan fingerprint density at radius 2 is 1.93 bits per heavy atom. The van der Waals surface area contributed by atoms with E-state index in [2.05, 4.69) is 44.7 Å². The lowest BCUT2D eigenvalue weighted by Crippen LogP contribution is -2.48. The molecule has 4 rings (SSSR count). The molecule has 0 radical (unpaired) electrons. The van der Waals surface area contributed by atoms with Gasteiger partial charge in [-0.25, -0.2) is 4.52 Å². The molecule has 2 aromatic heterocycles. The van der Waals surface area contributed by atoms with E-state index >= 15 is 0 Å². The first kappa shape index (κ1) is 33.9. The number of aliphatic hydroxyl groups excluding tert-OH is 1. The number of ether oxygens (including phenoxy) is 1. The van der Waals surface area contributed by atoms with Gasteiger partial charge in [-0.05, 0) is 67.8 Å². The van der Waals surface area contributed by atoms with Crippen molar-refractivity contribution in [1.29, 1.82) is 0 Å². The molecule has 1 aliphatic heterocycles. The highest BCUT2D eigenvalue weighted by atomic mass is 32.2. The number of pyridine rings is 1. The maximum atomic E-state index is 13.6. The number of aromatic nitrogens is 2. The van der Waals surface area contributed by atoms with Gasteiger partial charge < -0.3 is 30.7 Å².